The number of nitrogens with one attached hydrogen (secondary N) is 1. The van der Waals surface area contributed by atoms with E-state index in [1.165, 1.54) is 12.1 Å². The van der Waals surface area contributed by atoms with Crippen LogP contribution in [0, 0.1) is 18.7 Å². The average Bonchev–Trinajstić information content (AvgIpc) is 3.10. The van der Waals surface area contributed by atoms with Gasteiger partial charge in [-0.3, -0.25) is 14.6 Å². The van der Waals surface area contributed by atoms with E-state index in [2.05, 4.69) is 15.3 Å². The molecule has 0 bridgehead atoms. The minimum Gasteiger partial charge on any atom is -0.493 e. The van der Waals surface area contributed by atoms with Crippen molar-refractivity contribution in [2.24, 2.45) is 5.92 Å². The number of rotatable bonds is 9. The molecular weight excluding hydrogens is 613 g/mol. The van der Waals surface area contributed by atoms with Crippen molar-refractivity contribution in [3.05, 3.63) is 107 Å². The van der Waals surface area contributed by atoms with Gasteiger partial charge < -0.3 is 29.8 Å². The van der Waals surface area contributed by atoms with Crippen molar-refractivity contribution in [2.75, 3.05) is 38.5 Å². The van der Waals surface area contributed by atoms with Gasteiger partial charge in [0.25, 0.3) is 5.91 Å². The van der Waals surface area contributed by atoms with Crippen LogP contribution < -0.4 is 26.0 Å². The molecule has 1 amide bonds. The number of ether oxygens (including phenoxy) is 3. The molecule has 0 unspecified atom stereocenters. The highest BCUT2D eigenvalue weighted by molar-refractivity contribution is 6.04. The highest BCUT2D eigenvalue weighted by atomic mass is 19.1. The summed E-state index contributed by atoms with van der Waals surface area (Å²) in [4.78, 5) is 36.0. The molecule has 4 heterocycles. The predicted octanol–water partition coefficient (Wildman–Crippen LogP) is 6.37. The minimum absolute atomic E-state index is 0.0671. The summed E-state index contributed by atoms with van der Waals surface area (Å²) in [5.74, 6) is 0.311. The molecule has 246 valence electrons. The van der Waals surface area contributed by atoms with Crippen LogP contribution in [0.5, 0.6) is 11.5 Å². The Morgan fingerprint density at radius 1 is 0.938 bits per heavy atom. The maximum absolute atomic E-state index is 15.7. The Morgan fingerprint density at radius 2 is 1.73 bits per heavy atom. The lowest BCUT2D eigenvalue weighted by Gasteiger charge is -2.23. The summed E-state index contributed by atoms with van der Waals surface area (Å²) in [6.45, 7) is 3.88. The number of nitrogen functional groups attached to an aromatic ring is 1. The fourth-order valence-corrected chi connectivity index (χ4v) is 5.81. The molecule has 2 aromatic carbocycles. The number of anilines is 2. The topological polar surface area (TPSA) is 131 Å². The van der Waals surface area contributed by atoms with E-state index in [9.17, 15) is 9.59 Å². The molecule has 0 aliphatic carbocycles. The molecule has 10 nitrogen and oxygen atoms in total. The van der Waals surface area contributed by atoms with E-state index in [0.29, 0.717) is 59.6 Å². The first kappa shape index (κ1) is 32.4. The molecule has 0 spiro atoms. The molecule has 3 N–H and O–H groups in total. The Hall–Kier alpha value is -5.55. The SMILES string of the molecule is COc1ccc(-c2cnc(N)c(-c3ccc(NC(=O)c4cn(CC5CCOCC5)cc(-c5ccc(C)cn5)c4=O)cc3F)c2)cc1OC. The zero-order valence-electron chi connectivity index (χ0n) is 27.0. The third-order valence-electron chi connectivity index (χ3n) is 8.47. The number of hydrogen-bond donors (Lipinski definition) is 2. The maximum atomic E-state index is 15.7. The average molecular weight is 650 g/mol. The van der Waals surface area contributed by atoms with Crippen LogP contribution >= 0.6 is 0 Å². The number of aryl methyl sites for hydroxylation is 1. The minimum atomic E-state index is -0.654. The van der Waals surface area contributed by atoms with Crippen molar-refractivity contribution in [3.63, 3.8) is 0 Å². The summed E-state index contributed by atoms with van der Waals surface area (Å²) in [5.41, 5.74) is 9.62. The molecule has 1 aliphatic rings. The molecule has 5 aromatic rings. The van der Waals surface area contributed by atoms with Gasteiger partial charge in [-0.2, -0.15) is 0 Å². The highest BCUT2D eigenvalue weighted by Crippen LogP contribution is 2.36. The molecule has 0 radical (unpaired) electrons. The second-order valence-corrected chi connectivity index (χ2v) is 11.8. The first-order valence-corrected chi connectivity index (χ1v) is 15.6. The van der Waals surface area contributed by atoms with Gasteiger partial charge in [0.2, 0.25) is 5.43 Å². The Labute approximate surface area is 277 Å². The van der Waals surface area contributed by atoms with Crippen LogP contribution in [-0.2, 0) is 11.3 Å². The normalized spacial score (nSPS) is 13.2. The third-order valence-corrected chi connectivity index (χ3v) is 8.47. The molecule has 0 atom stereocenters. The molecule has 1 fully saturated rings. The standard InChI is InChI=1S/C37H36FN5O5/c1-22-4-8-32(40-17-22)29-20-43(19-23-10-12-48-13-11-23)21-30(35(29)44)37(45)42-26-6-7-27(31(38)16-26)28-14-25(18-41-36(28)39)24-5-9-33(46-2)34(15-24)47-3/h4-9,14-18,20-21,23H,10-13,19H2,1-3H3,(H2,39,41)(H,42,45). The number of methoxy groups -OCH3 is 2. The van der Waals surface area contributed by atoms with Crippen LogP contribution in [-0.4, -0.2) is 47.9 Å². The van der Waals surface area contributed by atoms with Gasteiger partial charge in [0.05, 0.1) is 25.5 Å². The molecule has 1 saturated heterocycles. The third kappa shape index (κ3) is 6.91. The summed E-state index contributed by atoms with van der Waals surface area (Å²) in [6.07, 6.45) is 8.35. The summed E-state index contributed by atoms with van der Waals surface area (Å²) in [6, 6.07) is 15.1. The summed E-state index contributed by atoms with van der Waals surface area (Å²) >= 11 is 0. The van der Waals surface area contributed by atoms with Gasteiger partial charge in [-0.1, -0.05) is 12.1 Å². The molecule has 6 rings (SSSR count). The Morgan fingerprint density at radius 3 is 2.44 bits per heavy atom. The molecule has 3 aromatic heterocycles. The van der Waals surface area contributed by atoms with Crippen molar-refractivity contribution < 1.29 is 23.4 Å². The van der Waals surface area contributed by atoms with Crippen molar-refractivity contribution in [1.29, 1.82) is 0 Å². The number of carbonyl (C=O) groups excluding carboxylic acids is 1. The fraction of sp³-hybridized carbons (Fsp3) is 0.243. The Kier molecular flexibility index (Phi) is 9.49. The fourth-order valence-electron chi connectivity index (χ4n) is 5.81. The van der Waals surface area contributed by atoms with Gasteiger partial charge in [0.1, 0.15) is 17.2 Å². The lowest BCUT2D eigenvalue weighted by Crippen LogP contribution is -2.27. The van der Waals surface area contributed by atoms with E-state index in [0.717, 1.165) is 24.0 Å². The number of aromatic nitrogens is 3. The molecule has 0 saturated carbocycles. The zero-order valence-corrected chi connectivity index (χ0v) is 27.0. The molecule has 1 aliphatic heterocycles. The number of nitrogens with two attached hydrogens (primary N) is 1. The number of amides is 1. The maximum Gasteiger partial charge on any atom is 0.261 e. The summed E-state index contributed by atoms with van der Waals surface area (Å²) < 4.78 is 33.8. The van der Waals surface area contributed by atoms with Crippen molar-refractivity contribution in [1.82, 2.24) is 14.5 Å². The van der Waals surface area contributed by atoms with Crippen molar-refractivity contribution in [3.8, 4) is 45.0 Å². The Bertz CT molecular complexity index is 2020. The van der Waals surface area contributed by atoms with Crippen LogP contribution in [0.3, 0.4) is 0 Å². The first-order chi connectivity index (χ1) is 23.2. The molecule has 48 heavy (non-hydrogen) atoms. The number of hydrogen-bond acceptors (Lipinski definition) is 8. The highest BCUT2D eigenvalue weighted by Gasteiger charge is 2.21. The lowest BCUT2D eigenvalue weighted by atomic mass is 9.99. The monoisotopic (exact) mass is 649 g/mol. The van der Waals surface area contributed by atoms with Gasteiger partial charge in [0, 0.05) is 66.9 Å². The van der Waals surface area contributed by atoms with E-state index in [1.54, 1.807) is 69.3 Å². The number of benzene rings is 2. The smallest absolute Gasteiger partial charge is 0.261 e. The van der Waals surface area contributed by atoms with Crippen molar-refractivity contribution in [2.45, 2.75) is 26.3 Å². The van der Waals surface area contributed by atoms with E-state index in [1.807, 2.05) is 23.6 Å². The van der Waals surface area contributed by atoms with Gasteiger partial charge >= 0.3 is 0 Å². The summed E-state index contributed by atoms with van der Waals surface area (Å²) in [5, 5.41) is 2.71. The summed E-state index contributed by atoms with van der Waals surface area (Å²) in [7, 11) is 3.10. The van der Waals surface area contributed by atoms with Gasteiger partial charge in [-0.25, -0.2) is 9.37 Å². The van der Waals surface area contributed by atoms with Crippen molar-refractivity contribution >= 4 is 17.4 Å². The lowest BCUT2D eigenvalue weighted by molar-refractivity contribution is 0.0612. The molecule has 11 heteroatoms. The second kappa shape index (κ2) is 14.1. The second-order valence-electron chi connectivity index (χ2n) is 11.8. The van der Waals surface area contributed by atoms with E-state index >= 15 is 4.39 Å². The first-order valence-electron chi connectivity index (χ1n) is 15.6. The van der Waals surface area contributed by atoms with Crippen LogP contribution in [0.25, 0.3) is 33.5 Å². The number of nitrogens with zero attached hydrogens (tertiary/aromatic N) is 3. The quantitative estimate of drug-likeness (QED) is 0.189. The van der Waals surface area contributed by atoms with Crippen LogP contribution in [0.4, 0.5) is 15.9 Å². The van der Waals surface area contributed by atoms with Crippen LogP contribution in [0.1, 0.15) is 28.8 Å². The van der Waals surface area contributed by atoms with Gasteiger partial charge in [-0.05, 0) is 79.3 Å². The largest absolute Gasteiger partial charge is 0.493 e. The van der Waals surface area contributed by atoms with E-state index < -0.39 is 17.2 Å². The predicted molar refractivity (Wildman–Crippen MR) is 183 cm³/mol. The van der Waals surface area contributed by atoms with Crippen LogP contribution in [0.2, 0.25) is 0 Å². The van der Waals surface area contributed by atoms with Crippen LogP contribution in [0.15, 0.2) is 84.2 Å². The zero-order chi connectivity index (χ0) is 33.8. The Balaban J connectivity index is 1.29. The van der Waals surface area contributed by atoms with Gasteiger partial charge in [-0.15, -0.1) is 0 Å². The number of halogens is 1. The number of pyridine rings is 3. The van der Waals surface area contributed by atoms with E-state index in [-0.39, 0.29) is 22.6 Å². The number of carbonyl (C=O) groups is 1. The molecular formula is C37H36FN5O5. The van der Waals surface area contributed by atoms with Gasteiger partial charge in [0.15, 0.2) is 11.5 Å². The van der Waals surface area contributed by atoms with E-state index in [4.69, 9.17) is 19.9 Å².